The van der Waals surface area contributed by atoms with Gasteiger partial charge in [-0.05, 0) is 29.3 Å². The monoisotopic (exact) mass is 346 g/mol. The normalized spacial score (nSPS) is 16.1. The molecule has 1 atom stereocenters. The Labute approximate surface area is 146 Å². The van der Waals surface area contributed by atoms with Crippen LogP contribution in [0.4, 0.5) is 0 Å². The van der Waals surface area contributed by atoms with Crippen molar-refractivity contribution in [1.29, 1.82) is 0 Å². The zero-order valence-electron chi connectivity index (χ0n) is 14.8. The first kappa shape index (κ1) is 17.2. The van der Waals surface area contributed by atoms with Gasteiger partial charge < -0.3 is 28.8 Å². The van der Waals surface area contributed by atoms with Crippen LogP contribution in [0.15, 0.2) is 24.3 Å². The lowest BCUT2D eigenvalue weighted by molar-refractivity contribution is 0.0967. The summed E-state index contributed by atoms with van der Waals surface area (Å²) in [4.78, 5) is 0. The maximum Gasteiger partial charge on any atom is 0.203 e. The Morgan fingerprint density at radius 1 is 0.920 bits per heavy atom. The molecule has 6 heteroatoms. The second-order valence-electron chi connectivity index (χ2n) is 5.71. The van der Waals surface area contributed by atoms with Crippen LogP contribution in [-0.2, 0) is 11.3 Å². The molecular weight excluding hydrogens is 324 g/mol. The molecule has 2 aromatic rings. The van der Waals surface area contributed by atoms with Crippen LogP contribution in [0.3, 0.4) is 0 Å². The third kappa shape index (κ3) is 2.93. The van der Waals surface area contributed by atoms with Gasteiger partial charge in [-0.1, -0.05) is 6.07 Å². The van der Waals surface area contributed by atoms with Crippen molar-refractivity contribution in [2.45, 2.75) is 12.5 Å². The lowest BCUT2D eigenvalue weighted by atomic mass is 9.86. The minimum absolute atomic E-state index is 0.0609. The maximum absolute atomic E-state index is 10.4. The molecule has 1 heterocycles. The summed E-state index contributed by atoms with van der Waals surface area (Å²) >= 11 is 0. The topological polar surface area (TPSA) is 66.4 Å². The summed E-state index contributed by atoms with van der Waals surface area (Å²) in [6.07, 6.45) is 0. The number of rotatable bonds is 5. The van der Waals surface area contributed by atoms with Crippen molar-refractivity contribution in [2.24, 2.45) is 0 Å². The van der Waals surface area contributed by atoms with Crippen LogP contribution in [0.1, 0.15) is 22.6 Å². The molecular formula is C19H22O6. The molecule has 25 heavy (non-hydrogen) atoms. The molecule has 0 radical (unpaired) electrons. The Balaban J connectivity index is 2.12. The number of hydrogen-bond acceptors (Lipinski definition) is 6. The summed E-state index contributed by atoms with van der Waals surface area (Å²) in [7, 11) is 6.28. The number of methoxy groups -OCH3 is 4. The van der Waals surface area contributed by atoms with Crippen molar-refractivity contribution < 1.29 is 28.8 Å². The SMILES string of the molecule is COc1ccc2c(c1O)COCC2c1cc(OC)c(OC)c(OC)c1. The van der Waals surface area contributed by atoms with E-state index < -0.39 is 0 Å². The second kappa shape index (κ2) is 7.11. The van der Waals surface area contributed by atoms with Crippen LogP contribution < -0.4 is 18.9 Å². The molecule has 1 aliphatic heterocycles. The highest BCUT2D eigenvalue weighted by atomic mass is 16.5. The van der Waals surface area contributed by atoms with Gasteiger partial charge in [-0.25, -0.2) is 0 Å². The summed E-state index contributed by atoms with van der Waals surface area (Å²) < 4.78 is 27.2. The van der Waals surface area contributed by atoms with E-state index in [-0.39, 0.29) is 11.7 Å². The fourth-order valence-corrected chi connectivity index (χ4v) is 3.22. The third-order valence-electron chi connectivity index (χ3n) is 4.50. The average Bonchev–Trinajstić information content (AvgIpc) is 2.66. The van der Waals surface area contributed by atoms with Gasteiger partial charge in [-0.2, -0.15) is 0 Å². The van der Waals surface area contributed by atoms with Crippen molar-refractivity contribution >= 4 is 0 Å². The van der Waals surface area contributed by atoms with Gasteiger partial charge in [-0.15, -0.1) is 0 Å². The first-order valence-electron chi connectivity index (χ1n) is 7.90. The lowest BCUT2D eigenvalue weighted by Gasteiger charge is -2.28. The van der Waals surface area contributed by atoms with Crippen molar-refractivity contribution in [3.8, 4) is 28.7 Å². The molecule has 1 aliphatic rings. The molecule has 0 aliphatic carbocycles. The van der Waals surface area contributed by atoms with Crippen molar-refractivity contribution in [1.82, 2.24) is 0 Å². The molecule has 0 bridgehead atoms. The molecule has 0 aromatic heterocycles. The highest BCUT2D eigenvalue weighted by Gasteiger charge is 2.28. The number of ether oxygens (including phenoxy) is 5. The molecule has 134 valence electrons. The molecule has 0 fully saturated rings. The van der Waals surface area contributed by atoms with E-state index in [0.717, 1.165) is 16.7 Å². The highest BCUT2D eigenvalue weighted by molar-refractivity contribution is 5.58. The van der Waals surface area contributed by atoms with E-state index in [9.17, 15) is 5.11 Å². The first-order chi connectivity index (χ1) is 12.1. The van der Waals surface area contributed by atoms with Crippen LogP contribution in [0.2, 0.25) is 0 Å². The summed E-state index contributed by atoms with van der Waals surface area (Å²) in [6, 6.07) is 7.55. The maximum atomic E-state index is 10.4. The lowest BCUT2D eigenvalue weighted by Crippen LogP contribution is -2.18. The van der Waals surface area contributed by atoms with Gasteiger partial charge in [0.1, 0.15) is 0 Å². The first-order valence-corrected chi connectivity index (χ1v) is 7.90. The largest absolute Gasteiger partial charge is 0.504 e. The average molecular weight is 346 g/mol. The van der Waals surface area contributed by atoms with E-state index in [2.05, 4.69) is 0 Å². The van der Waals surface area contributed by atoms with Gasteiger partial charge >= 0.3 is 0 Å². The Morgan fingerprint density at radius 2 is 1.56 bits per heavy atom. The van der Waals surface area contributed by atoms with Crippen LogP contribution in [-0.4, -0.2) is 40.2 Å². The van der Waals surface area contributed by atoms with E-state index in [1.807, 2.05) is 18.2 Å². The van der Waals surface area contributed by atoms with Gasteiger partial charge in [0.15, 0.2) is 23.0 Å². The van der Waals surface area contributed by atoms with Gasteiger partial charge in [0.05, 0.1) is 41.7 Å². The van der Waals surface area contributed by atoms with Crippen molar-refractivity contribution in [3.05, 3.63) is 41.0 Å². The van der Waals surface area contributed by atoms with Crippen LogP contribution in [0.25, 0.3) is 0 Å². The molecule has 0 amide bonds. The number of fused-ring (bicyclic) bond motifs is 1. The summed E-state index contributed by atoms with van der Waals surface area (Å²) in [5.41, 5.74) is 2.70. The number of benzene rings is 2. The molecule has 1 unspecified atom stereocenters. The zero-order chi connectivity index (χ0) is 18.0. The van der Waals surface area contributed by atoms with Crippen LogP contribution >= 0.6 is 0 Å². The Kier molecular flexibility index (Phi) is 4.90. The summed E-state index contributed by atoms with van der Waals surface area (Å²) in [6.45, 7) is 0.844. The van der Waals surface area contributed by atoms with Gasteiger partial charge in [0.2, 0.25) is 5.75 Å². The van der Waals surface area contributed by atoms with E-state index >= 15 is 0 Å². The van der Waals surface area contributed by atoms with Crippen molar-refractivity contribution in [2.75, 3.05) is 35.0 Å². The number of phenols is 1. The number of phenolic OH excluding ortho intramolecular Hbond substituents is 1. The smallest absolute Gasteiger partial charge is 0.203 e. The van der Waals surface area contributed by atoms with Gasteiger partial charge in [0, 0.05) is 11.5 Å². The highest BCUT2D eigenvalue weighted by Crippen LogP contribution is 2.45. The van der Waals surface area contributed by atoms with Crippen LogP contribution in [0.5, 0.6) is 28.7 Å². The molecule has 1 N–H and O–H groups in total. The van der Waals surface area contributed by atoms with Crippen molar-refractivity contribution in [3.63, 3.8) is 0 Å². The molecule has 0 saturated carbocycles. The van der Waals surface area contributed by atoms with Crippen LogP contribution in [0, 0.1) is 0 Å². The minimum Gasteiger partial charge on any atom is -0.504 e. The zero-order valence-corrected chi connectivity index (χ0v) is 14.8. The number of hydrogen-bond donors (Lipinski definition) is 1. The van der Waals surface area contributed by atoms with Gasteiger partial charge in [-0.3, -0.25) is 0 Å². The minimum atomic E-state index is -0.0609. The van der Waals surface area contributed by atoms with E-state index in [1.165, 1.54) is 7.11 Å². The van der Waals surface area contributed by atoms with E-state index in [0.29, 0.717) is 36.2 Å². The molecule has 0 saturated heterocycles. The summed E-state index contributed by atoms with van der Waals surface area (Å²) in [5, 5.41) is 10.4. The molecule has 0 spiro atoms. The molecule has 6 nitrogen and oxygen atoms in total. The third-order valence-corrected chi connectivity index (χ3v) is 4.50. The second-order valence-corrected chi connectivity index (χ2v) is 5.71. The quantitative estimate of drug-likeness (QED) is 0.897. The fourth-order valence-electron chi connectivity index (χ4n) is 3.22. The molecule has 2 aromatic carbocycles. The summed E-state index contributed by atoms with van der Waals surface area (Å²) in [5.74, 6) is 2.21. The van der Waals surface area contributed by atoms with E-state index in [1.54, 1.807) is 27.4 Å². The Morgan fingerprint density at radius 3 is 2.12 bits per heavy atom. The Bertz CT molecular complexity index is 746. The standard InChI is InChI=1S/C19H22O6/c1-21-15-6-5-12-13(9-25-10-14(12)18(15)20)11-7-16(22-2)19(24-4)17(8-11)23-3/h5-8,13,20H,9-10H2,1-4H3. The fraction of sp³-hybridized carbons (Fsp3) is 0.368. The van der Waals surface area contributed by atoms with E-state index in [4.69, 9.17) is 23.7 Å². The predicted molar refractivity (Wildman–Crippen MR) is 92.3 cm³/mol. The predicted octanol–water partition coefficient (Wildman–Crippen LogP) is 3.09. The van der Waals surface area contributed by atoms with Gasteiger partial charge in [0.25, 0.3) is 0 Å². The Hall–Kier alpha value is -2.60. The number of aromatic hydroxyl groups is 1. The molecule has 3 rings (SSSR count).